The fraction of sp³-hybridized carbons (Fsp3) is 0.633. The van der Waals surface area contributed by atoms with Crippen molar-refractivity contribution in [2.75, 3.05) is 12.4 Å². The van der Waals surface area contributed by atoms with Crippen LogP contribution in [0.1, 0.15) is 91.8 Å². The quantitative estimate of drug-likeness (QED) is 0.171. The normalized spacial score (nSPS) is 21.2. The highest BCUT2D eigenvalue weighted by Crippen LogP contribution is 2.37. The number of hydrogen-bond acceptors (Lipinski definition) is 7. The molecule has 1 aliphatic rings. The molecule has 0 radical (unpaired) electrons. The van der Waals surface area contributed by atoms with E-state index in [1.807, 2.05) is 13.8 Å². The Bertz CT molecular complexity index is 1120. The van der Waals surface area contributed by atoms with Gasteiger partial charge in [-0.3, -0.25) is 14.4 Å². The highest BCUT2D eigenvalue weighted by molar-refractivity contribution is 5.98. The van der Waals surface area contributed by atoms with Crippen molar-refractivity contribution in [1.82, 2.24) is 20.6 Å². The molecule has 2 rings (SSSR count). The molecule has 0 aromatic carbocycles. The van der Waals surface area contributed by atoms with E-state index in [0.717, 1.165) is 6.42 Å². The van der Waals surface area contributed by atoms with Crippen LogP contribution < -0.4 is 16.0 Å². The number of rotatable bonds is 14. The lowest BCUT2D eigenvalue weighted by molar-refractivity contribution is -0.121. The maximum atomic E-state index is 13.9. The molecule has 1 atom stereocenters. The molecule has 0 aliphatic heterocycles. The van der Waals surface area contributed by atoms with Gasteiger partial charge in [0.1, 0.15) is 18.3 Å². The van der Waals surface area contributed by atoms with E-state index in [0.29, 0.717) is 66.7 Å². The third-order valence-corrected chi connectivity index (χ3v) is 8.19. The van der Waals surface area contributed by atoms with Crippen LogP contribution in [0.25, 0.3) is 0 Å². The number of ketones is 1. The lowest BCUT2D eigenvalue weighted by Gasteiger charge is -2.43. The molecular formula is C30H46FN5O4. The van der Waals surface area contributed by atoms with Crippen LogP contribution in [0, 0.1) is 5.92 Å². The van der Waals surface area contributed by atoms with Gasteiger partial charge in [-0.25, -0.2) is 14.4 Å². The standard InChI is InChI=1S/C30H46FN5O4/c1-9-20(3)30(12-10-23(31)11-13-30)36-28(39)21(4)19(2)14-25(22(5)38)35-27-24(16-32-18-37)26(33-17-34-27)15-29(6,7)40-8/h14,17-18,20,23H,9-13,15-16H2,1-8H3,(H,32,37)(H,36,39)(H,33,34,35)/b21-19+,25-14+. The second-order valence-electron chi connectivity index (χ2n) is 11.4. The van der Waals surface area contributed by atoms with E-state index < -0.39 is 17.3 Å². The smallest absolute Gasteiger partial charge is 0.247 e. The lowest BCUT2D eigenvalue weighted by Crippen LogP contribution is -2.55. The first-order valence-electron chi connectivity index (χ1n) is 14.0. The van der Waals surface area contributed by atoms with Gasteiger partial charge in [-0.05, 0) is 70.9 Å². The second kappa shape index (κ2) is 14.5. The molecule has 222 valence electrons. The van der Waals surface area contributed by atoms with Gasteiger partial charge in [0.15, 0.2) is 5.78 Å². The van der Waals surface area contributed by atoms with Gasteiger partial charge in [0, 0.05) is 43.7 Å². The van der Waals surface area contributed by atoms with Crippen LogP contribution in [-0.2, 0) is 32.1 Å². The summed E-state index contributed by atoms with van der Waals surface area (Å²) in [5, 5.41) is 8.99. The predicted octanol–water partition coefficient (Wildman–Crippen LogP) is 4.72. The van der Waals surface area contributed by atoms with Crippen LogP contribution in [0.3, 0.4) is 0 Å². The molecule has 9 nitrogen and oxygen atoms in total. The Balaban J connectivity index is 2.40. The number of aromatic nitrogens is 2. The number of hydrogen-bond donors (Lipinski definition) is 3. The van der Waals surface area contributed by atoms with E-state index in [-0.39, 0.29) is 29.9 Å². The summed E-state index contributed by atoms with van der Waals surface area (Å²) in [7, 11) is 1.62. The van der Waals surface area contributed by atoms with Crippen LogP contribution in [-0.4, -0.2) is 52.5 Å². The van der Waals surface area contributed by atoms with Gasteiger partial charge in [-0.15, -0.1) is 0 Å². The zero-order valence-electron chi connectivity index (χ0n) is 25.2. The molecule has 1 aliphatic carbocycles. The second-order valence-corrected chi connectivity index (χ2v) is 11.4. The highest BCUT2D eigenvalue weighted by atomic mass is 19.1. The summed E-state index contributed by atoms with van der Waals surface area (Å²) in [4.78, 5) is 45.9. The van der Waals surface area contributed by atoms with Gasteiger partial charge in [0.2, 0.25) is 12.3 Å². The first kappa shape index (κ1) is 33.1. The van der Waals surface area contributed by atoms with Crippen molar-refractivity contribution in [3.63, 3.8) is 0 Å². The summed E-state index contributed by atoms with van der Waals surface area (Å²) >= 11 is 0. The highest BCUT2D eigenvalue weighted by Gasteiger charge is 2.40. The van der Waals surface area contributed by atoms with E-state index in [4.69, 9.17) is 4.74 Å². The molecule has 0 bridgehead atoms. The molecule has 10 heteroatoms. The number of allylic oxidation sites excluding steroid dienone is 3. The summed E-state index contributed by atoms with van der Waals surface area (Å²) < 4.78 is 19.5. The van der Waals surface area contributed by atoms with Crippen molar-refractivity contribution < 1.29 is 23.5 Å². The van der Waals surface area contributed by atoms with Crippen molar-refractivity contribution in [1.29, 1.82) is 0 Å². The number of anilines is 1. The number of nitrogens with one attached hydrogen (secondary N) is 3. The van der Waals surface area contributed by atoms with Crippen LogP contribution >= 0.6 is 0 Å². The summed E-state index contributed by atoms with van der Waals surface area (Å²) in [5.41, 5.74) is 1.65. The fourth-order valence-electron chi connectivity index (χ4n) is 4.92. The molecule has 0 saturated heterocycles. The van der Waals surface area contributed by atoms with Gasteiger partial charge in [-0.1, -0.05) is 20.3 Å². The topological polar surface area (TPSA) is 122 Å². The maximum absolute atomic E-state index is 13.9. The minimum Gasteiger partial charge on any atom is -0.378 e. The largest absolute Gasteiger partial charge is 0.378 e. The number of carbonyl (C=O) groups is 3. The lowest BCUT2D eigenvalue weighted by atomic mass is 9.71. The van der Waals surface area contributed by atoms with Crippen LogP contribution in [0.15, 0.2) is 29.2 Å². The van der Waals surface area contributed by atoms with Crippen molar-refractivity contribution in [2.24, 2.45) is 5.92 Å². The zero-order chi connectivity index (χ0) is 30.1. The van der Waals surface area contributed by atoms with Crippen molar-refractivity contribution in [3.8, 4) is 0 Å². The number of nitrogens with zero attached hydrogens (tertiary/aromatic N) is 2. The van der Waals surface area contributed by atoms with Gasteiger partial charge in [0.05, 0.1) is 17.0 Å². The SMILES string of the molecule is CCC(C)C1(NC(=O)/C(C)=C(C)/C=C(/Nc2ncnc(CC(C)(C)OC)c2CNC=O)C(C)=O)CCC(F)CC1. The average Bonchev–Trinajstić information content (AvgIpc) is 2.92. The van der Waals surface area contributed by atoms with E-state index in [2.05, 4.69) is 39.8 Å². The van der Waals surface area contributed by atoms with Crippen LogP contribution in [0.5, 0.6) is 0 Å². The molecule has 1 unspecified atom stereocenters. The molecule has 1 saturated carbocycles. The van der Waals surface area contributed by atoms with Gasteiger partial charge in [-0.2, -0.15) is 0 Å². The number of ether oxygens (including phenoxy) is 1. The first-order chi connectivity index (χ1) is 18.8. The number of halogens is 1. The fourth-order valence-corrected chi connectivity index (χ4v) is 4.92. The van der Waals surface area contributed by atoms with Gasteiger partial charge >= 0.3 is 0 Å². The summed E-state index contributed by atoms with van der Waals surface area (Å²) in [6.07, 6.45) is 6.20. The molecule has 3 N–H and O–H groups in total. The molecular weight excluding hydrogens is 513 g/mol. The number of amides is 2. The zero-order valence-corrected chi connectivity index (χ0v) is 25.2. The van der Waals surface area contributed by atoms with Crippen LogP contribution in [0.4, 0.5) is 10.2 Å². The average molecular weight is 560 g/mol. The van der Waals surface area contributed by atoms with E-state index >= 15 is 0 Å². The molecule has 1 heterocycles. The molecule has 1 aromatic rings. The van der Waals surface area contributed by atoms with E-state index in [1.54, 1.807) is 27.0 Å². The first-order valence-corrected chi connectivity index (χ1v) is 14.0. The Hall–Kier alpha value is -3.14. The van der Waals surface area contributed by atoms with Crippen LogP contribution in [0.2, 0.25) is 0 Å². The van der Waals surface area contributed by atoms with Crippen molar-refractivity contribution >= 4 is 23.9 Å². The molecule has 1 fully saturated rings. The molecule has 1 aromatic heterocycles. The summed E-state index contributed by atoms with van der Waals surface area (Å²) in [6, 6.07) is 0. The molecule has 40 heavy (non-hydrogen) atoms. The Morgan fingerprint density at radius 1 is 1.23 bits per heavy atom. The summed E-state index contributed by atoms with van der Waals surface area (Å²) in [6.45, 7) is 13.1. The minimum atomic E-state index is -0.825. The third kappa shape index (κ3) is 8.68. The number of Topliss-reactive ketones (excluding diaryl/α,β-unsaturated/α-hetero) is 1. The number of carbonyl (C=O) groups excluding carboxylic acids is 3. The number of alkyl halides is 1. The Morgan fingerprint density at radius 3 is 2.42 bits per heavy atom. The Kier molecular flexibility index (Phi) is 12.0. The Morgan fingerprint density at radius 2 is 1.88 bits per heavy atom. The van der Waals surface area contributed by atoms with Gasteiger partial charge in [0.25, 0.3) is 0 Å². The van der Waals surface area contributed by atoms with Gasteiger partial charge < -0.3 is 20.7 Å². The Labute approximate surface area is 237 Å². The van der Waals surface area contributed by atoms with E-state index in [9.17, 15) is 18.8 Å². The van der Waals surface area contributed by atoms with Crippen molar-refractivity contribution in [2.45, 2.75) is 111 Å². The summed E-state index contributed by atoms with van der Waals surface area (Å²) in [5.74, 6) is 0.102. The third-order valence-electron chi connectivity index (χ3n) is 8.19. The van der Waals surface area contributed by atoms with Crippen molar-refractivity contribution in [3.05, 3.63) is 40.5 Å². The molecule has 0 spiro atoms. The molecule has 2 amide bonds. The monoisotopic (exact) mass is 559 g/mol. The maximum Gasteiger partial charge on any atom is 0.247 e. The number of methoxy groups -OCH3 is 1. The predicted molar refractivity (Wildman–Crippen MR) is 154 cm³/mol. The minimum absolute atomic E-state index is 0.153. The van der Waals surface area contributed by atoms with E-state index in [1.165, 1.54) is 13.3 Å².